The number of anilines is 1. The molecule has 0 aliphatic heterocycles. The topological polar surface area (TPSA) is 79.8 Å². The molecule has 0 aliphatic rings. The van der Waals surface area contributed by atoms with E-state index in [4.69, 9.17) is 0 Å². The van der Waals surface area contributed by atoms with Crippen LogP contribution in [0.5, 0.6) is 0 Å². The van der Waals surface area contributed by atoms with Gasteiger partial charge in [0.2, 0.25) is 5.91 Å². The Kier molecular flexibility index (Phi) is 5.58. The molecule has 1 aromatic heterocycles. The first-order valence-electron chi connectivity index (χ1n) is 9.02. The van der Waals surface area contributed by atoms with Crippen molar-refractivity contribution in [3.05, 3.63) is 95.4 Å². The van der Waals surface area contributed by atoms with E-state index in [0.717, 1.165) is 16.8 Å². The Hall–Kier alpha value is -3.58. The molecule has 0 atom stereocenters. The number of para-hydroxylation sites is 2. The lowest BCUT2D eigenvalue weighted by Gasteiger charge is -2.11. The van der Waals surface area contributed by atoms with E-state index >= 15 is 0 Å². The molecule has 0 unspecified atom stereocenters. The summed E-state index contributed by atoms with van der Waals surface area (Å²) in [4.78, 5) is 24.7. The van der Waals surface area contributed by atoms with Crippen LogP contribution in [0.15, 0.2) is 94.9 Å². The van der Waals surface area contributed by atoms with Gasteiger partial charge in [-0.2, -0.15) is 0 Å². The zero-order valence-corrected chi connectivity index (χ0v) is 16.2. The van der Waals surface area contributed by atoms with Gasteiger partial charge in [0.1, 0.15) is 0 Å². The number of nitrogens with one attached hydrogen (secondary N) is 2. The predicted octanol–water partition coefficient (Wildman–Crippen LogP) is 3.96. The zero-order valence-electron chi connectivity index (χ0n) is 15.4. The molecular weight excluding hydrogens is 384 g/mol. The highest BCUT2D eigenvalue weighted by atomic mass is 32.2. The largest absolute Gasteiger partial charge is 0.348 e. The number of carbonyl (C=O) groups excluding carboxylic acids is 1. The van der Waals surface area contributed by atoms with Crippen LogP contribution in [-0.4, -0.2) is 26.4 Å². The Bertz CT molecular complexity index is 1170. The number of benzene rings is 3. The van der Waals surface area contributed by atoms with Crippen molar-refractivity contribution in [2.75, 3.05) is 11.1 Å². The third-order valence-electron chi connectivity index (χ3n) is 4.27. The Morgan fingerprint density at radius 3 is 2.34 bits per heavy atom. The predicted molar refractivity (Wildman–Crippen MR) is 115 cm³/mol. The lowest BCUT2D eigenvalue weighted by Crippen LogP contribution is -2.17. The van der Waals surface area contributed by atoms with Gasteiger partial charge in [-0.15, -0.1) is 5.10 Å². The summed E-state index contributed by atoms with van der Waals surface area (Å²) in [6.07, 6.45) is 0. The van der Waals surface area contributed by atoms with E-state index in [9.17, 15) is 9.59 Å². The van der Waals surface area contributed by atoms with Crippen LogP contribution in [0.1, 0.15) is 0 Å². The van der Waals surface area contributed by atoms with Gasteiger partial charge in [-0.3, -0.25) is 4.79 Å². The van der Waals surface area contributed by atoms with Crippen molar-refractivity contribution in [3.63, 3.8) is 0 Å². The number of hydrogen-bond acceptors (Lipinski definition) is 4. The van der Waals surface area contributed by atoms with Gasteiger partial charge in [0.05, 0.1) is 11.4 Å². The number of thioether (sulfide) groups is 1. The molecule has 0 aliphatic carbocycles. The van der Waals surface area contributed by atoms with Crippen LogP contribution in [0.4, 0.5) is 5.69 Å². The normalized spacial score (nSPS) is 10.6. The molecule has 0 fully saturated rings. The number of aromatic nitrogens is 3. The fraction of sp³-hybridized carbons (Fsp3) is 0.0455. The Labute approximate surface area is 171 Å². The van der Waals surface area contributed by atoms with E-state index in [1.165, 1.54) is 16.3 Å². The molecule has 4 rings (SSSR count). The van der Waals surface area contributed by atoms with E-state index in [-0.39, 0.29) is 17.3 Å². The lowest BCUT2D eigenvalue weighted by molar-refractivity contribution is -0.113. The van der Waals surface area contributed by atoms with Crippen molar-refractivity contribution in [2.24, 2.45) is 0 Å². The van der Waals surface area contributed by atoms with Gasteiger partial charge in [0.25, 0.3) is 0 Å². The van der Waals surface area contributed by atoms with Crippen LogP contribution in [0, 0.1) is 0 Å². The highest BCUT2D eigenvalue weighted by Crippen LogP contribution is 2.28. The Morgan fingerprint density at radius 2 is 1.59 bits per heavy atom. The van der Waals surface area contributed by atoms with E-state index < -0.39 is 0 Å². The second-order valence-electron chi connectivity index (χ2n) is 6.23. The summed E-state index contributed by atoms with van der Waals surface area (Å²) >= 11 is 1.20. The maximum absolute atomic E-state index is 12.6. The number of hydrogen-bond donors (Lipinski definition) is 2. The van der Waals surface area contributed by atoms with Crippen LogP contribution in [0.3, 0.4) is 0 Å². The fourth-order valence-corrected chi connectivity index (χ4v) is 3.72. The summed E-state index contributed by atoms with van der Waals surface area (Å²) in [5.74, 6) is -0.0475. The monoisotopic (exact) mass is 402 g/mol. The van der Waals surface area contributed by atoms with Crippen molar-refractivity contribution in [1.82, 2.24) is 14.8 Å². The number of amides is 1. The molecular formula is C22H18N4O2S. The van der Waals surface area contributed by atoms with Crippen LogP contribution in [-0.2, 0) is 4.79 Å². The fourth-order valence-electron chi connectivity index (χ4n) is 2.96. The summed E-state index contributed by atoms with van der Waals surface area (Å²) in [7, 11) is 0. The number of H-pyrrole nitrogens is 1. The minimum Gasteiger partial charge on any atom is -0.325 e. The quantitative estimate of drug-likeness (QED) is 0.479. The highest BCUT2D eigenvalue weighted by molar-refractivity contribution is 7.99. The SMILES string of the molecule is O=C(CSc1n[nH]c(=O)n1-c1ccccc1)Nc1ccccc1-c1ccccc1. The second-order valence-corrected chi connectivity index (χ2v) is 7.17. The van der Waals surface area contributed by atoms with Crippen LogP contribution in [0.25, 0.3) is 16.8 Å². The highest BCUT2D eigenvalue weighted by Gasteiger charge is 2.14. The van der Waals surface area contributed by atoms with Crippen LogP contribution >= 0.6 is 11.8 Å². The molecule has 7 heteroatoms. The van der Waals surface area contributed by atoms with Crippen molar-refractivity contribution < 1.29 is 4.79 Å². The molecule has 144 valence electrons. The average Bonchev–Trinajstić information content (AvgIpc) is 3.14. The van der Waals surface area contributed by atoms with Crippen molar-refractivity contribution >= 4 is 23.4 Å². The number of aromatic amines is 1. The summed E-state index contributed by atoms with van der Waals surface area (Å²) in [6, 6.07) is 26.7. The van der Waals surface area contributed by atoms with Crippen LogP contribution < -0.4 is 11.0 Å². The summed E-state index contributed by atoms with van der Waals surface area (Å²) < 4.78 is 1.45. The summed E-state index contributed by atoms with van der Waals surface area (Å²) in [6.45, 7) is 0. The molecule has 0 radical (unpaired) electrons. The van der Waals surface area contributed by atoms with Gasteiger partial charge < -0.3 is 5.32 Å². The molecule has 6 nitrogen and oxygen atoms in total. The molecule has 0 bridgehead atoms. The van der Waals surface area contributed by atoms with Gasteiger partial charge in [-0.05, 0) is 23.8 Å². The first-order valence-corrected chi connectivity index (χ1v) is 10.0. The van der Waals surface area contributed by atoms with E-state index in [2.05, 4.69) is 15.5 Å². The first-order chi connectivity index (χ1) is 14.2. The molecule has 1 heterocycles. The second kappa shape index (κ2) is 8.62. The van der Waals surface area contributed by atoms with E-state index in [0.29, 0.717) is 10.8 Å². The molecule has 0 saturated heterocycles. The van der Waals surface area contributed by atoms with Crippen molar-refractivity contribution in [2.45, 2.75) is 5.16 Å². The van der Waals surface area contributed by atoms with E-state index in [1.54, 1.807) is 0 Å². The van der Waals surface area contributed by atoms with Gasteiger partial charge in [0.15, 0.2) is 5.16 Å². The molecule has 2 N–H and O–H groups in total. The molecule has 4 aromatic rings. The third kappa shape index (κ3) is 4.30. The summed E-state index contributed by atoms with van der Waals surface area (Å²) in [5, 5.41) is 9.89. The number of nitrogens with zero attached hydrogens (tertiary/aromatic N) is 2. The van der Waals surface area contributed by atoms with Gasteiger partial charge in [0, 0.05) is 11.3 Å². The molecule has 0 spiro atoms. The van der Waals surface area contributed by atoms with Gasteiger partial charge in [-0.25, -0.2) is 14.5 Å². The minimum atomic E-state index is -0.339. The van der Waals surface area contributed by atoms with Gasteiger partial charge >= 0.3 is 5.69 Å². The molecule has 29 heavy (non-hydrogen) atoms. The molecule has 3 aromatic carbocycles. The standard InChI is InChI=1S/C22H18N4O2S/c27-20(23-19-14-8-7-13-18(19)16-9-3-1-4-10-16)15-29-22-25-24-21(28)26(22)17-11-5-2-6-12-17/h1-14H,15H2,(H,23,27)(H,24,28). The number of carbonyl (C=O) groups is 1. The molecule has 0 saturated carbocycles. The zero-order chi connectivity index (χ0) is 20.1. The molecule has 1 amide bonds. The summed E-state index contributed by atoms with van der Waals surface area (Å²) in [5.41, 5.74) is 3.08. The maximum Gasteiger partial charge on any atom is 0.348 e. The Balaban J connectivity index is 1.49. The maximum atomic E-state index is 12.6. The number of rotatable bonds is 6. The van der Waals surface area contributed by atoms with Crippen molar-refractivity contribution in [3.8, 4) is 16.8 Å². The van der Waals surface area contributed by atoms with Gasteiger partial charge in [-0.1, -0.05) is 78.5 Å². The van der Waals surface area contributed by atoms with Crippen LogP contribution in [0.2, 0.25) is 0 Å². The van der Waals surface area contributed by atoms with Crippen molar-refractivity contribution in [1.29, 1.82) is 0 Å². The van der Waals surface area contributed by atoms with E-state index in [1.807, 2.05) is 84.9 Å². The third-order valence-corrected chi connectivity index (χ3v) is 5.21. The average molecular weight is 402 g/mol. The minimum absolute atomic E-state index is 0.125. The smallest absolute Gasteiger partial charge is 0.325 e. The lowest BCUT2D eigenvalue weighted by atomic mass is 10.0. The first kappa shape index (κ1) is 18.8. The Morgan fingerprint density at radius 1 is 0.931 bits per heavy atom.